The van der Waals surface area contributed by atoms with E-state index in [2.05, 4.69) is 5.32 Å². The summed E-state index contributed by atoms with van der Waals surface area (Å²) in [5.74, 6) is -0.325. The van der Waals surface area contributed by atoms with Crippen molar-refractivity contribution in [3.8, 4) is 11.5 Å². The maximum atomic E-state index is 12.0. The molecule has 1 aromatic rings. The van der Waals surface area contributed by atoms with Crippen LogP contribution in [0.5, 0.6) is 11.5 Å². The number of carbonyl (C=O) groups is 3. The first-order valence-corrected chi connectivity index (χ1v) is 6.63. The van der Waals surface area contributed by atoms with Gasteiger partial charge in [-0.05, 0) is 12.1 Å². The molecule has 0 spiro atoms. The maximum Gasteiger partial charge on any atom is 0.415 e. The van der Waals surface area contributed by atoms with Crippen LogP contribution < -0.4 is 14.8 Å². The Labute approximate surface area is 121 Å². The van der Waals surface area contributed by atoms with E-state index in [1.54, 1.807) is 25.1 Å². The van der Waals surface area contributed by atoms with Crippen LogP contribution >= 0.6 is 0 Å². The van der Waals surface area contributed by atoms with Gasteiger partial charge >= 0.3 is 12.1 Å². The quantitative estimate of drug-likeness (QED) is 0.662. The van der Waals surface area contributed by atoms with Crippen LogP contribution in [0.1, 0.15) is 13.3 Å². The molecule has 7 heteroatoms. The monoisotopic (exact) mass is 292 g/mol. The lowest BCUT2D eigenvalue weighted by atomic mass is 10.3. The molecule has 1 aromatic carbocycles. The van der Waals surface area contributed by atoms with Crippen LogP contribution in [0, 0.1) is 0 Å². The van der Waals surface area contributed by atoms with Gasteiger partial charge in [0.2, 0.25) is 5.91 Å². The van der Waals surface area contributed by atoms with Gasteiger partial charge in [0.15, 0.2) is 11.5 Å². The fourth-order valence-corrected chi connectivity index (χ4v) is 1.77. The first-order valence-electron chi connectivity index (χ1n) is 6.63. The lowest BCUT2D eigenvalue weighted by molar-refractivity contribution is -0.134. The Morgan fingerprint density at radius 1 is 1.24 bits per heavy atom. The maximum absolute atomic E-state index is 12.0. The molecule has 0 saturated carbocycles. The lowest BCUT2D eigenvalue weighted by Crippen LogP contribution is -2.50. The molecule has 112 valence electrons. The fourth-order valence-electron chi connectivity index (χ4n) is 1.77. The molecule has 1 aliphatic heterocycles. The van der Waals surface area contributed by atoms with Crippen molar-refractivity contribution < 1.29 is 23.9 Å². The summed E-state index contributed by atoms with van der Waals surface area (Å²) < 4.78 is 10.3. The zero-order valence-corrected chi connectivity index (χ0v) is 11.6. The molecular weight excluding hydrogens is 276 g/mol. The summed E-state index contributed by atoms with van der Waals surface area (Å²) in [6, 6.07) is 6.40. The third kappa shape index (κ3) is 3.95. The standard InChI is InChI=1S/C14H16N2O5/c1-2-13(18)20-10-5-3-4-6-11(10)21-14(19)16-8-7-15-12(17)9-16/h3-6H,2,7-9H2,1H3,(H,15,17). The Morgan fingerprint density at radius 2 is 1.90 bits per heavy atom. The smallest absolute Gasteiger partial charge is 0.415 e. The Kier molecular flexibility index (Phi) is 4.76. The molecule has 0 bridgehead atoms. The Bertz CT molecular complexity index is 558. The minimum absolute atomic E-state index is 0.0459. The van der Waals surface area contributed by atoms with Gasteiger partial charge in [-0.25, -0.2) is 4.79 Å². The van der Waals surface area contributed by atoms with E-state index in [9.17, 15) is 14.4 Å². The summed E-state index contributed by atoms with van der Waals surface area (Å²) in [6.45, 7) is 2.39. The molecule has 2 amide bonds. The Hall–Kier alpha value is -2.57. The van der Waals surface area contributed by atoms with Crippen LogP contribution in [0.4, 0.5) is 4.79 Å². The summed E-state index contributed by atoms with van der Waals surface area (Å²) >= 11 is 0. The van der Waals surface area contributed by atoms with Gasteiger partial charge in [-0.15, -0.1) is 0 Å². The largest absolute Gasteiger partial charge is 0.423 e. The molecule has 0 radical (unpaired) electrons. The average Bonchev–Trinajstić information content (AvgIpc) is 2.49. The van der Waals surface area contributed by atoms with Crippen LogP contribution in [-0.2, 0) is 9.59 Å². The summed E-state index contributed by atoms with van der Waals surface area (Å²) in [4.78, 5) is 35.9. The molecule has 1 N–H and O–H groups in total. The fraction of sp³-hybridized carbons (Fsp3) is 0.357. The summed E-state index contributed by atoms with van der Waals surface area (Å²) in [5.41, 5.74) is 0. The van der Waals surface area contributed by atoms with Crippen LogP contribution in [0.25, 0.3) is 0 Å². The van der Waals surface area contributed by atoms with E-state index >= 15 is 0 Å². The summed E-state index contributed by atoms with van der Waals surface area (Å²) in [6.07, 6.45) is -0.431. The van der Waals surface area contributed by atoms with Crippen LogP contribution in [0.2, 0.25) is 0 Å². The molecule has 1 heterocycles. The van der Waals surface area contributed by atoms with Gasteiger partial charge in [-0.3, -0.25) is 14.5 Å². The highest BCUT2D eigenvalue weighted by Crippen LogP contribution is 2.27. The van der Waals surface area contributed by atoms with Crippen LogP contribution in [0.15, 0.2) is 24.3 Å². The topological polar surface area (TPSA) is 84.9 Å². The minimum atomic E-state index is -0.648. The normalized spacial score (nSPS) is 14.3. The van der Waals surface area contributed by atoms with Crippen molar-refractivity contribution >= 4 is 18.0 Å². The Morgan fingerprint density at radius 3 is 2.52 bits per heavy atom. The van der Waals surface area contributed by atoms with Crippen molar-refractivity contribution in [1.29, 1.82) is 0 Å². The number of rotatable bonds is 3. The van der Waals surface area contributed by atoms with Gasteiger partial charge < -0.3 is 14.8 Å². The SMILES string of the molecule is CCC(=O)Oc1ccccc1OC(=O)N1CCNC(=O)C1. The molecule has 2 rings (SSSR count). The van der Waals surface area contributed by atoms with Gasteiger partial charge in [0.1, 0.15) is 6.54 Å². The number of piperazine rings is 1. The van der Waals surface area contributed by atoms with Crippen molar-refractivity contribution in [2.75, 3.05) is 19.6 Å². The second kappa shape index (κ2) is 6.74. The first kappa shape index (κ1) is 14.8. The summed E-state index contributed by atoms with van der Waals surface area (Å²) in [7, 11) is 0. The van der Waals surface area contributed by atoms with E-state index < -0.39 is 12.1 Å². The molecule has 0 unspecified atom stereocenters. The molecular formula is C14H16N2O5. The van der Waals surface area contributed by atoms with E-state index in [1.165, 1.54) is 11.0 Å². The predicted octanol–water partition coefficient (Wildman–Crippen LogP) is 0.933. The van der Waals surface area contributed by atoms with Gasteiger partial charge in [0, 0.05) is 19.5 Å². The Balaban J connectivity index is 2.06. The second-order valence-electron chi connectivity index (χ2n) is 4.41. The van der Waals surface area contributed by atoms with Crippen molar-refractivity contribution in [3.63, 3.8) is 0 Å². The lowest BCUT2D eigenvalue weighted by Gasteiger charge is -2.25. The number of hydrogen-bond donors (Lipinski definition) is 1. The van der Waals surface area contributed by atoms with E-state index in [4.69, 9.17) is 9.47 Å². The summed E-state index contributed by atoms with van der Waals surface area (Å²) in [5, 5.41) is 2.62. The van der Waals surface area contributed by atoms with Gasteiger partial charge in [-0.1, -0.05) is 19.1 Å². The zero-order chi connectivity index (χ0) is 15.2. The van der Waals surface area contributed by atoms with Crippen molar-refractivity contribution in [1.82, 2.24) is 10.2 Å². The number of carbonyl (C=O) groups excluding carboxylic acids is 3. The molecule has 7 nitrogen and oxygen atoms in total. The number of para-hydroxylation sites is 2. The van der Waals surface area contributed by atoms with E-state index in [0.29, 0.717) is 13.1 Å². The van der Waals surface area contributed by atoms with Crippen molar-refractivity contribution in [2.24, 2.45) is 0 Å². The number of esters is 1. The molecule has 0 aromatic heterocycles. The van der Waals surface area contributed by atoms with E-state index in [0.717, 1.165) is 0 Å². The molecule has 0 aliphatic carbocycles. The highest BCUT2D eigenvalue weighted by Gasteiger charge is 2.23. The molecule has 21 heavy (non-hydrogen) atoms. The van der Waals surface area contributed by atoms with Gasteiger partial charge in [-0.2, -0.15) is 0 Å². The van der Waals surface area contributed by atoms with Crippen LogP contribution in [-0.4, -0.2) is 42.5 Å². The molecule has 1 saturated heterocycles. The minimum Gasteiger partial charge on any atom is -0.423 e. The average molecular weight is 292 g/mol. The molecule has 0 atom stereocenters. The second-order valence-corrected chi connectivity index (χ2v) is 4.41. The van der Waals surface area contributed by atoms with E-state index in [-0.39, 0.29) is 30.4 Å². The highest BCUT2D eigenvalue weighted by atomic mass is 16.6. The van der Waals surface area contributed by atoms with Crippen molar-refractivity contribution in [3.05, 3.63) is 24.3 Å². The predicted molar refractivity (Wildman–Crippen MR) is 73.0 cm³/mol. The van der Waals surface area contributed by atoms with Crippen LogP contribution in [0.3, 0.4) is 0 Å². The number of ether oxygens (including phenoxy) is 2. The number of hydrogen-bond acceptors (Lipinski definition) is 5. The molecule has 1 fully saturated rings. The van der Waals surface area contributed by atoms with E-state index in [1.807, 2.05) is 0 Å². The molecule has 1 aliphatic rings. The number of amides is 2. The van der Waals surface area contributed by atoms with Crippen molar-refractivity contribution in [2.45, 2.75) is 13.3 Å². The van der Waals surface area contributed by atoms with Gasteiger partial charge in [0.25, 0.3) is 0 Å². The third-order valence-electron chi connectivity index (χ3n) is 2.86. The highest BCUT2D eigenvalue weighted by molar-refractivity contribution is 5.84. The zero-order valence-electron chi connectivity index (χ0n) is 11.6. The number of benzene rings is 1. The van der Waals surface area contributed by atoms with Gasteiger partial charge in [0.05, 0.1) is 0 Å². The number of nitrogens with zero attached hydrogens (tertiary/aromatic N) is 1. The number of nitrogens with one attached hydrogen (secondary N) is 1. The third-order valence-corrected chi connectivity index (χ3v) is 2.86. The first-order chi connectivity index (χ1) is 10.1.